The van der Waals surface area contributed by atoms with E-state index in [1.165, 1.54) is 66.8 Å². The Bertz CT molecular complexity index is 3630. The Balaban J connectivity index is 0.886. The van der Waals surface area contributed by atoms with E-state index < -0.39 is 10.8 Å². The van der Waals surface area contributed by atoms with E-state index in [9.17, 15) is 0 Å². The molecule has 350 valence electrons. The summed E-state index contributed by atoms with van der Waals surface area (Å²) in [5, 5.41) is 0. The molecule has 0 unspecified atom stereocenters. The van der Waals surface area contributed by atoms with Crippen LogP contribution in [0.1, 0.15) is 44.5 Å². The molecule has 12 aromatic rings. The first-order valence-electron chi connectivity index (χ1n) is 25.0. The lowest BCUT2D eigenvalue weighted by molar-refractivity contribution is 0.532. The first kappa shape index (κ1) is 43.0. The van der Waals surface area contributed by atoms with Gasteiger partial charge in [-0.05, 0) is 127 Å². The summed E-state index contributed by atoms with van der Waals surface area (Å²) in [5.41, 5.74) is 17.0. The molecule has 0 saturated carbocycles. The summed E-state index contributed by atoms with van der Waals surface area (Å²) in [4.78, 5) is 13.5. The topological polar surface area (TPSA) is 58.5 Å². The normalized spacial score (nSPS) is 13.4. The summed E-state index contributed by atoms with van der Waals surface area (Å²) < 4.78 is 13.9. The van der Waals surface area contributed by atoms with Gasteiger partial charge in [-0.3, -0.25) is 19.8 Å². The zero-order valence-electron chi connectivity index (χ0n) is 40.2. The van der Waals surface area contributed by atoms with Crippen LogP contribution in [0.25, 0.3) is 33.8 Å². The molecule has 0 radical (unpaired) electrons. The lowest BCUT2D eigenvalue weighted by Gasteiger charge is -2.34. The fourth-order valence-corrected chi connectivity index (χ4v) is 12.1. The molecule has 0 bridgehead atoms. The number of rotatable bonds is 11. The van der Waals surface area contributed by atoms with Gasteiger partial charge in [0.25, 0.3) is 0 Å². The van der Waals surface area contributed by atoms with Gasteiger partial charge < -0.3 is 8.83 Å². The Kier molecular flexibility index (Phi) is 10.2. The van der Waals surface area contributed by atoms with Gasteiger partial charge in [0.1, 0.15) is 0 Å². The highest BCUT2D eigenvalue weighted by Gasteiger charge is 2.48. The summed E-state index contributed by atoms with van der Waals surface area (Å²) in [6.45, 7) is 0. The maximum Gasteiger partial charge on any atom is 0.205 e. The molecule has 0 N–H and O–H groups in total. The van der Waals surface area contributed by atoms with Crippen molar-refractivity contribution in [2.45, 2.75) is 10.8 Å². The van der Waals surface area contributed by atoms with Crippen LogP contribution in [0.3, 0.4) is 0 Å². The SMILES string of the molecule is c1ccc(C2(c3ccccc3)c3ccccc3-c3ccc(N(c4cccnc4)c4ccc(-c5ccc(N(c6cccnc6)c6ccc7c(c6)C(c6ccccc6)(c6ccccc6)c6ccccc6-7)o5)o4)cc32)cc1. The average Bonchev–Trinajstić information content (AvgIpc) is 4.28. The summed E-state index contributed by atoms with van der Waals surface area (Å²) in [7, 11) is 0. The highest BCUT2D eigenvalue weighted by molar-refractivity contribution is 5.91. The molecule has 0 spiro atoms. The number of hydrogen-bond donors (Lipinski definition) is 0. The van der Waals surface area contributed by atoms with Crippen LogP contribution in [0, 0.1) is 0 Å². The van der Waals surface area contributed by atoms with E-state index in [0.29, 0.717) is 23.3 Å². The van der Waals surface area contributed by atoms with Gasteiger partial charge >= 0.3 is 0 Å². The highest BCUT2D eigenvalue weighted by Crippen LogP contribution is 2.59. The number of fused-ring (bicyclic) bond motifs is 6. The molecule has 2 aliphatic carbocycles. The molecule has 74 heavy (non-hydrogen) atoms. The molecular formula is C68H46N4O2. The molecule has 8 aromatic carbocycles. The van der Waals surface area contributed by atoms with E-state index in [-0.39, 0.29) is 0 Å². The van der Waals surface area contributed by atoms with Crippen molar-refractivity contribution < 1.29 is 8.83 Å². The van der Waals surface area contributed by atoms with Crippen molar-refractivity contribution in [3.63, 3.8) is 0 Å². The Morgan fingerprint density at radius 3 is 1.00 bits per heavy atom. The predicted octanol–water partition coefficient (Wildman–Crippen LogP) is 17.0. The molecule has 0 atom stereocenters. The predicted molar refractivity (Wildman–Crippen MR) is 296 cm³/mol. The van der Waals surface area contributed by atoms with E-state index in [4.69, 9.17) is 8.83 Å². The second kappa shape index (κ2) is 17.5. The Hall–Kier alpha value is -9.78. The van der Waals surface area contributed by atoms with E-state index in [1.807, 2.05) is 48.8 Å². The second-order valence-corrected chi connectivity index (χ2v) is 18.9. The van der Waals surface area contributed by atoms with Gasteiger partial charge in [0, 0.05) is 35.9 Å². The Labute approximate surface area is 429 Å². The molecule has 0 amide bonds. The van der Waals surface area contributed by atoms with Gasteiger partial charge in [0.05, 0.1) is 34.6 Å². The van der Waals surface area contributed by atoms with Gasteiger partial charge in [-0.25, -0.2) is 0 Å². The van der Waals surface area contributed by atoms with E-state index in [2.05, 4.69) is 238 Å². The number of pyridine rings is 2. The number of furan rings is 2. The first-order valence-corrected chi connectivity index (χ1v) is 25.0. The first-order chi connectivity index (χ1) is 36.7. The third kappa shape index (κ3) is 6.58. The van der Waals surface area contributed by atoms with Crippen molar-refractivity contribution >= 4 is 34.5 Å². The smallest absolute Gasteiger partial charge is 0.205 e. The fraction of sp³-hybridized carbons (Fsp3) is 0.0294. The van der Waals surface area contributed by atoms with Crippen LogP contribution in [0.4, 0.5) is 34.5 Å². The largest absolute Gasteiger partial charge is 0.437 e. The number of anilines is 6. The van der Waals surface area contributed by atoms with E-state index in [1.54, 1.807) is 12.4 Å². The second-order valence-electron chi connectivity index (χ2n) is 18.9. The van der Waals surface area contributed by atoms with Gasteiger partial charge in [-0.2, -0.15) is 0 Å². The highest BCUT2D eigenvalue weighted by atomic mass is 16.4. The molecule has 0 fully saturated rings. The third-order valence-electron chi connectivity index (χ3n) is 15.1. The van der Waals surface area contributed by atoms with Crippen molar-refractivity contribution in [1.82, 2.24) is 9.97 Å². The molecular weight excluding hydrogens is 905 g/mol. The van der Waals surface area contributed by atoms with Crippen molar-refractivity contribution in [2.75, 3.05) is 9.80 Å². The monoisotopic (exact) mass is 950 g/mol. The van der Waals surface area contributed by atoms with Crippen LogP contribution >= 0.6 is 0 Å². The molecule has 4 aromatic heterocycles. The lowest BCUT2D eigenvalue weighted by Crippen LogP contribution is -2.28. The zero-order chi connectivity index (χ0) is 49.1. The zero-order valence-corrected chi connectivity index (χ0v) is 40.2. The fourth-order valence-electron chi connectivity index (χ4n) is 12.1. The van der Waals surface area contributed by atoms with E-state index in [0.717, 1.165) is 22.7 Å². The van der Waals surface area contributed by atoms with Gasteiger partial charge in [0.15, 0.2) is 11.5 Å². The number of benzene rings is 8. The Morgan fingerprint density at radius 1 is 0.284 bits per heavy atom. The van der Waals surface area contributed by atoms with Crippen LogP contribution < -0.4 is 9.80 Å². The quantitative estimate of drug-likeness (QED) is 0.129. The third-order valence-corrected chi connectivity index (χ3v) is 15.1. The van der Waals surface area contributed by atoms with Crippen molar-refractivity contribution in [1.29, 1.82) is 0 Å². The average molecular weight is 951 g/mol. The Morgan fingerprint density at radius 2 is 0.635 bits per heavy atom. The van der Waals surface area contributed by atoms with E-state index >= 15 is 0 Å². The maximum atomic E-state index is 6.94. The number of hydrogen-bond acceptors (Lipinski definition) is 6. The molecule has 2 aliphatic rings. The van der Waals surface area contributed by atoms with Crippen molar-refractivity contribution in [3.8, 4) is 33.8 Å². The van der Waals surface area contributed by atoms with Gasteiger partial charge in [-0.1, -0.05) is 182 Å². The van der Waals surface area contributed by atoms with Crippen LogP contribution in [0.2, 0.25) is 0 Å². The maximum absolute atomic E-state index is 6.94. The molecule has 0 aliphatic heterocycles. The standard InChI is InChI=1S/C68H46N4O2/c1-5-19-47(20-6-1)67(48-21-7-2-8-22-48)59-31-15-13-29-55(59)57-35-33-51(43-61(57)67)71(53-27-17-41-69-45-53)65-39-37-63(73-65)64-38-40-66(74-64)72(54-28-18-42-70-46-54)52-34-36-58-56-30-14-16-32-60(56)68(62(58)44-52,49-23-9-3-10-24-49)50-25-11-4-12-26-50/h1-46H. The lowest BCUT2D eigenvalue weighted by atomic mass is 9.67. The molecule has 4 heterocycles. The summed E-state index contributed by atoms with van der Waals surface area (Å²) >= 11 is 0. The van der Waals surface area contributed by atoms with Crippen LogP contribution in [-0.4, -0.2) is 9.97 Å². The number of nitrogens with zero attached hydrogens (tertiary/aromatic N) is 4. The minimum atomic E-state index is -0.572. The summed E-state index contributed by atoms with van der Waals surface area (Å²) in [5.74, 6) is 2.40. The van der Waals surface area contributed by atoms with Crippen LogP contribution in [0.15, 0.2) is 288 Å². The minimum absolute atomic E-state index is 0.572. The summed E-state index contributed by atoms with van der Waals surface area (Å²) in [6, 6.07) is 90.7. The molecule has 6 heteroatoms. The number of aromatic nitrogens is 2. The molecule has 14 rings (SSSR count). The van der Waals surface area contributed by atoms with Crippen LogP contribution in [0.5, 0.6) is 0 Å². The van der Waals surface area contributed by atoms with Crippen molar-refractivity contribution in [3.05, 3.63) is 324 Å². The van der Waals surface area contributed by atoms with Crippen molar-refractivity contribution in [2.24, 2.45) is 0 Å². The van der Waals surface area contributed by atoms with Gasteiger partial charge in [-0.15, -0.1) is 0 Å². The van der Waals surface area contributed by atoms with Gasteiger partial charge in [0.2, 0.25) is 11.8 Å². The minimum Gasteiger partial charge on any atom is -0.437 e. The summed E-state index contributed by atoms with van der Waals surface area (Å²) in [6.07, 6.45) is 7.35. The molecule has 0 saturated heterocycles. The molecule has 6 nitrogen and oxygen atoms in total. The van der Waals surface area contributed by atoms with Crippen LogP contribution in [-0.2, 0) is 10.8 Å².